The van der Waals surface area contributed by atoms with E-state index in [1.165, 1.54) is 28.1 Å². The fourth-order valence-corrected chi connectivity index (χ4v) is 4.00. The van der Waals surface area contributed by atoms with Crippen molar-refractivity contribution in [2.24, 2.45) is 11.8 Å². The van der Waals surface area contributed by atoms with Crippen LogP contribution in [0.25, 0.3) is 0 Å². The molecule has 26 heavy (non-hydrogen) atoms. The van der Waals surface area contributed by atoms with Crippen LogP contribution >= 0.6 is 0 Å². The van der Waals surface area contributed by atoms with Crippen molar-refractivity contribution in [2.45, 2.75) is 53.5 Å². The van der Waals surface area contributed by atoms with E-state index < -0.39 is 0 Å². The summed E-state index contributed by atoms with van der Waals surface area (Å²) < 4.78 is 0. The van der Waals surface area contributed by atoms with Gasteiger partial charge in [0.05, 0.1) is 11.4 Å². The predicted octanol–water partition coefficient (Wildman–Crippen LogP) is 5.67. The molecule has 0 spiro atoms. The van der Waals surface area contributed by atoms with Crippen LogP contribution in [0.15, 0.2) is 82.4 Å². The molecule has 2 N–H and O–H groups in total. The summed E-state index contributed by atoms with van der Waals surface area (Å²) in [4.78, 5) is 0. The summed E-state index contributed by atoms with van der Waals surface area (Å²) in [5.41, 5.74) is 9.87. The smallest absolute Gasteiger partial charge is 0.0655 e. The van der Waals surface area contributed by atoms with Crippen LogP contribution in [-0.4, -0.2) is 6.04 Å². The average Bonchev–Trinajstić information content (AvgIpc) is 2.64. The maximum atomic E-state index is 4.26. The Labute approximate surface area is 158 Å². The van der Waals surface area contributed by atoms with Gasteiger partial charge in [0, 0.05) is 17.3 Å². The molecular weight excluding hydrogens is 316 g/mol. The molecule has 1 aliphatic carbocycles. The molecule has 2 heterocycles. The van der Waals surface area contributed by atoms with Gasteiger partial charge in [-0.1, -0.05) is 50.8 Å². The van der Waals surface area contributed by atoms with Crippen LogP contribution < -0.4 is 10.6 Å². The monoisotopic (exact) mass is 348 g/mol. The van der Waals surface area contributed by atoms with Crippen molar-refractivity contribution >= 4 is 0 Å². The lowest BCUT2D eigenvalue weighted by Crippen LogP contribution is -2.37. The number of rotatable bonds is 2. The van der Waals surface area contributed by atoms with Crippen molar-refractivity contribution in [1.29, 1.82) is 0 Å². The van der Waals surface area contributed by atoms with Crippen molar-refractivity contribution in [3.8, 4) is 0 Å². The number of hydrogen-bond acceptors (Lipinski definition) is 2. The lowest BCUT2D eigenvalue weighted by Gasteiger charge is -2.38. The molecule has 2 unspecified atom stereocenters. The number of allylic oxidation sites excluding steroid dienone is 7. The van der Waals surface area contributed by atoms with Gasteiger partial charge in [0.2, 0.25) is 0 Å². The van der Waals surface area contributed by atoms with Crippen molar-refractivity contribution in [3.63, 3.8) is 0 Å². The fourth-order valence-electron chi connectivity index (χ4n) is 4.00. The van der Waals surface area contributed by atoms with E-state index in [1.54, 1.807) is 0 Å². The van der Waals surface area contributed by atoms with Crippen molar-refractivity contribution in [2.75, 3.05) is 0 Å². The molecule has 2 heteroatoms. The maximum absolute atomic E-state index is 4.26. The van der Waals surface area contributed by atoms with Gasteiger partial charge in [0.1, 0.15) is 0 Å². The molecule has 0 saturated heterocycles. The van der Waals surface area contributed by atoms with Crippen LogP contribution in [0.3, 0.4) is 0 Å². The van der Waals surface area contributed by atoms with Crippen LogP contribution in [0, 0.1) is 11.8 Å². The molecule has 0 fully saturated rings. The van der Waals surface area contributed by atoms with E-state index in [0.717, 1.165) is 29.7 Å². The molecule has 0 amide bonds. The zero-order valence-corrected chi connectivity index (χ0v) is 16.9. The average molecular weight is 349 g/mol. The lowest BCUT2D eigenvalue weighted by atomic mass is 9.74. The molecule has 2 nitrogen and oxygen atoms in total. The molecular formula is C24H32N2. The van der Waals surface area contributed by atoms with Gasteiger partial charge in [-0.05, 0) is 68.2 Å². The highest BCUT2D eigenvalue weighted by Gasteiger charge is 2.33. The summed E-state index contributed by atoms with van der Waals surface area (Å²) in [7, 11) is 0. The van der Waals surface area contributed by atoms with E-state index in [-0.39, 0.29) is 0 Å². The summed E-state index contributed by atoms with van der Waals surface area (Å²) in [5.74, 6) is 1.10. The summed E-state index contributed by atoms with van der Waals surface area (Å²) in [5, 5.41) is 7.42. The Morgan fingerprint density at radius 2 is 2.00 bits per heavy atom. The van der Waals surface area contributed by atoms with Gasteiger partial charge in [-0.15, -0.1) is 0 Å². The van der Waals surface area contributed by atoms with E-state index in [1.807, 2.05) is 0 Å². The molecule has 138 valence electrons. The zero-order valence-electron chi connectivity index (χ0n) is 16.9. The topological polar surface area (TPSA) is 24.1 Å². The minimum Gasteiger partial charge on any atom is -0.377 e. The number of nitrogens with one attached hydrogen (secondary N) is 2. The second kappa shape index (κ2) is 7.19. The minimum atomic E-state index is 0.300. The molecule has 0 aromatic carbocycles. The van der Waals surface area contributed by atoms with Gasteiger partial charge in [-0.2, -0.15) is 0 Å². The van der Waals surface area contributed by atoms with Gasteiger partial charge in [-0.25, -0.2) is 0 Å². The first-order chi connectivity index (χ1) is 12.3. The first-order valence-corrected chi connectivity index (χ1v) is 9.69. The van der Waals surface area contributed by atoms with Crippen molar-refractivity contribution in [3.05, 3.63) is 82.4 Å². The third-order valence-electron chi connectivity index (χ3n) is 5.83. The highest BCUT2D eigenvalue weighted by atomic mass is 15.0. The van der Waals surface area contributed by atoms with Gasteiger partial charge < -0.3 is 10.6 Å². The standard InChI is InChI=1S/C24H32N2/c1-14(2)20-13-22-21(15(3)4)12-19-11-9-8-10-16(5)17(6)25-23(19)24(22)26-18(20)7/h8-10,13,15,17,21,25-26H,1,7,11-12H2,2-6H3/b9-8-,16-10-. The molecule has 3 rings (SSSR count). The van der Waals surface area contributed by atoms with Crippen molar-refractivity contribution < 1.29 is 0 Å². The first-order valence-electron chi connectivity index (χ1n) is 9.69. The van der Waals surface area contributed by atoms with Crippen molar-refractivity contribution in [1.82, 2.24) is 10.6 Å². The molecule has 2 atom stereocenters. The van der Waals surface area contributed by atoms with E-state index in [0.29, 0.717) is 17.9 Å². The van der Waals surface area contributed by atoms with Crippen LogP contribution in [0.4, 0.5) is 0 Å². The molecule has 0 aromatic heterocycles. The Kier molecular flexibility index (Phi) is 5.13. The number of hydrogen-bond donors (Lipinski definition) is 2. The molecule has 2 aliphatic heterocycles. The van der Waals surface area contributed by atoms with Crippen LogP contribution in [0.1, 0.15) is 47.5 Å². The molecule has 3 aliphatic rings. The quantitative estimate of drug-likeness (QED) is 0.671. The summed E-state index contributed by atoms with van der Waals surface area (Å²) in [6.45, 7) is 19.5. The summed E-state index contributed by atoms with van der Waals surface area (Å²) >= 11 is 0. The van der Waals surface area contributed by atoms with E-state index >= 15 is 0 Å². The SMILES string of the molecule is C=C(C)C1=CC2=C(NC1=C)C1=C(C/C=C\C=C(\C)C(C)N1)CC2C(C)C. The Morgan fingerprint density at radius 1 is 1.27 bits per heavy atom. The highest BCUT2D eigenvalue weighted by Crippen LogP contribution is 2.42. The second-order valence-electron chi connectivity index (χ2n) is 8.21. The number of fused-ring (bicyclic) bond motifs is 1. The second-order valence-corrected chi connectivity index (χ2v) is 8.21. The Bertz CT molecular complexity index is 796. The van der Waals surface area contributed by atoms with Gasteiger partial charge in [0.15, 0.2) is 0 Å². The summed E-state index contributed by atoms with van der Waals surface area (Å²) in [6.07, 6.45) is 11.1. The normalized spacial score (nSPS) is 29.2. The minimum absolute atomic E-state index is 0.300. The molecule has 0 saturated carbocycles. The van der Waals surface area contributed by atoms with Gasteiger partial charge in [-0.3, -0.25) is 0 Å². The zero-order chi connectivity index (χ0) is 19.0. The fraction of sp³-hybridized carbons (Fsp3) is 0.417. The van der Waals surface area contributed by atoms with Crippen LogP contribution in [0.2, 0.25) is 0 Å². The number of dihydropyridines is 1. The Balaban J connectivity index is 2.15. The van der Waals surface area contributed by atoms with Crippen LogP contribution in [-0.2, 0) is 0 Å². The van der Waals surface area contributed by atoms with E-state index in [9.17, 15) is 0 Å². The Morgan fingerprint density at radius 3 is 2.65 bits per heavy atom. The molecule has 0 bridgehead atoms. The highest BCUT2D eigenvalue weighted by molar-refractivity contribution is 5.59. The third-order valence-corrected chi connectivity index (χ3v) is 5.83. The first kappa shape index (κ1) is 18.6. The lowest BCUT2D eigenvalue weighted by molar-refractivity contribution is 0.426. The predicted molar refractivity (Wildman–Crippen MR) is 112 cm³/mol. The van der Waals surface area contributed by atoms with Gasteiger partial charge in [0.25, 0.3) is 0 Å². The van der Waals surface area contributed by atoms with Gasteiger partial charge >= 0.3 is 0 Å². The third kappa shape index (κ3) is 3.38. The van der Waals surface area contributed by atoms with E-state index in [2.05, 4.69) is 82.7 Å². The molecule has 0 radical (unpaired) electrons. The largest absolute Gasteiger partial charge is 0.377 e. The maximum Gasteiger partial charge on any atom is 0.0655 e. The molecule has 0 aromatic rings. The summed E-state index contributed by atoms with van der Waals surface area (Å²) in [6, 6.07) is 0.300. The Hall–Kier alpha value is -2.22. The van der Waals surface area contributed by atoms with Crippen LogP contribution in [0.5, 0.6) is 0 Å². The van der Waals surface area contributed by atoms with E-state index in [4.69, 9.17) is 0 Å².